The molecule has 1 aliphatic heterocycles. The maximum Gasteiger partial charge on any atom is 0.224 e. The predicted octanol–water partition coefficient (Wildman–Crippen LogP) is 1.21. The van der Waals surface area contributed by atoms with Gasteiger partial charge in [-0.05, 0) is 23.8 Å². The van der Waals surface area contributed by atoms with Crippen molar-refractivity contribution >= 4 is 5.91 Å². The highest BCUT2D eigenvalue weighted by Crippen LogP contribution is 2.11. The lowest BCUT2D eigenvalue weighted by Crippen LogP contribution is -2.44. The maximum absolute atomic E-state index is 12.3. The summed E-state index contributed by atoms with van der Waals surface area (Å²) in [6.07, 6.45) is 4.13. The van der Waals surface area contributed by atoms with E-state index in [0.29, 0.717) is 19.6 Å². The molecule has 1 aliphatic rings. The first-order chi connectivity index (χ1) is 11.2. The SMILES string of the molecule is CN(Cc1ccc(-n2cccn2)cc1)C(=O)C[C@H]1COCCN1. The largest absolute Gasteiger partial charge is 0.378 e. The van der Waals surface area contributed by atoms with Gasteiger partial charge >= 0.3 is 0 Å². The van der Waals surface area contributed by atoms with Crippen LogP contribution in [0.1, 0.15) is 12.0 Å². The fraction of sp³-hybridized carbons (Fsp3) is 0.412. The number of benzene rings is 1. The van der Waals surface area contributed by atoms with Crippen LogP contribution in [0.15, 0.2) is 42.7 Å². The van der Waals surface area contributed by atoms with E-state index in [-0.39, 0.29) is 11.9 Å². The van der Waals surface area contributed by atoms with Crippen molar-refractivity contribution in [2.24, 2.45) is 0 Å². The van der Waals surface area contributed by atoms with Gasteiger partial charge in [0, 0.05) is 45.0 Å². The summed E-state index contributed by atoms with van der Waals surface area (Å²) in [5.41, 5.74) is 2.11. The van der Waals surface area contributed by atoms with Crippen LogP contribution in [0.4, 0.5) is 0 Å². The molecule has 1 aromatic heterocycles. The second-order valence-corrected chi connectivity index (χ2v) is 5.80. The van der Waals surface area contributed by atoms with Crippen molar-refractivity contribution in [3.63, 3.8) is 0 Å². The predicted molar refractivity (Wildman–Crippen MR) is 87.3 cm³/mol. The van der Waals surface area contributed by atoms with Crippen molar-refractivity contribution in [1.29, 1.82) is 0 Å². The number of ether oxygens (including phenoxy) is 1. The fourth-order valence-electron chi connectivity index (χ4n) is 2.66. The highest BCUT2D eigenvalue weighted by molar-refractivity contribution is 5.76. The minimum Gasteiger partial charge on any atom is -0.378 e. The summed E-state index contributed by atoms with van der Waals surface area (Å²) in [7, 11) is 1.84. The number of nitrogens with one attached hydrogen (secondary N) is 1. The van der Waals surface area contributed by atoms with Gasteiger partial charge in [-0.3, -0.25) is 4.79 Å². The van der Waals surface area contributed by atoms with Gasteiger partial charge in [-0.15, -0.1) is 0 Å². The molecule has 1 fully saturated rings. The van der Waals surface area contributed by atoms with E-state index in [9.17, 15) is 4.79 Å². The Morgan fingerprint density at radius 1 is 1.43 bits per heavy atom. The zero-order valence-corrected chi connectivity index (χ0v) is 13.3. The molecule has 1 atom stereocenters. The minimum absolute atomic E-state index is 0.126. The Morgan fingerprint density at radius 3 is 2.91 bits per heavy atom. The Hall–Kier alpha value is -2.18. The molecule has 0 aliphatic carbocycles. The molecule has 2 aromatic rings. The highest BCUT2D eigenvalue weighted by atomic mass is 16.5. The second-order valence-electron chi connectivity index (χ2n) is 5.80. The van der Waals surface area contributed by atoms with Gasteiger partial charge in [-0.1, -0.05) is 12.1 Å². The number of rotatable bonds is 5. The van der Waals surface area contributed by atoms with Gasteiger partial charge in [0.1, 0.15) is 0 Å². The summed E-state index contributed by atoms with van der Waals surface area (Å²) < 4.78 is 7.20. The van der Waals surface area contributed by atoms with Crippen LogP contribution in [-0.2, 0) is 16.1 Å². The Kier molecular flexibility index (Phi) is 5.05. The van der Waals surface area contributed by atoms with Gasteiger partial charge in [0.05, 0.1) is 18.9 Å². The second kappa shape index (κ2) is 7.39. The third kappa shape index (κ3) is 4.18. The van der Waals surface area contributed by atoms with Crippen LogP contribution in [0.5, 0.6) is 0 Å². The van der Waals surface area contributed by atoms with E-state index >= 15 is 0 Å². The van der Waals surface area contributed by atoms with E-state index in [1.54, 1.807) is 11.1 Å². The Labute approximate surface area is 136 Å². The van der Waals surface area contributed by atoms with Crippen molar-refractivity contribution in [2.45, 2.75) is 19.0 Å². The van der Waals surface area contributed by atoms with Crippen molar-refractivity contribution in [3.05, 3.63) is 48.3 Å². The van der Waals surface area contributed by atoms with E-state index < -0.39 is 0 Å². The topological polar surface area (TPSA) is 59.4 Å². The van der Waals surface area contributed by atoms with Crippen LogP contribution >= 0.6 is 0 Å². The van der Waals surface area contributed by atoms with Crippen molar-refractivity contribution in [2.75, 3.05) is 26.8 Å². The fourth-order valence-corrected chi connectivity index (χ4v) is 2.66. The van der Waals surface area contributed by atoms with Crippen LogP contribution in [0, 0.1) is 0 Å². The molecule has 23 heavy (non-hydrogen) atoms. The Balaban J connectivity index is 1.54. The first-order valence-electron chi connectivity index (χ1n) is 7.86. The number of morpholine rings is 1. The summed E-state index contributed by atoms with van der Waals surface area (Å²) in [6, 6.07) is 10.1. The third-order valence-electron chi connectivity index (χ3n) is 3.97. The summed E-state index contributed by atoms with van der Waals surface area (Å²) in [5, 5.41) is 7.51. The lowest BCUT2D eigenvalue weighted by molar-refractivity contribution is -0.131. The molecule has 6 nitrogen and oxygen atoms in total. The van der Waals surface area contributed by atoms with Crippen molar-refractivity contribution in [1.82, 2.24) is 20.0 Å². The zero-order chi connectivity index (χ0) is 16.1. The number of amides is 1. The van der Waals surface area contributed by atoms with Crippen LogP contribution in [0.25, 0.3) is 5.69 Å². The van der Waals surface area contributed by atoms with Gasteiger partial charge in [-0.2, -0.15) is 5.10 Å². The first kappa shape index (κ1) is 15.7. The molecule has 122 valence electrons. The number of aromatic nitrogens is 2. The standard InChI is InChI=1S/C17H22N4O2/c1-20(17(22)11-15-13-23-10-8-18-15)12-14-3-5-16(6-4-14)21-9-2-7-19-21/h2-7,9,15,18H,8,10-13H2,1H3/t15-/m0/s1. The Morgan fingerprint density at radius 2 is 2.26 bits per heavy atom. The maximum atomic E-state index is 12.3. The number of hydrogen-bond acceptors (Lipinski definition) is 4. The molecule has 0 unspecified atom stereocenters. The average Bonchev–Trinajstić information content (AvgIpc) is 3.11. The molecule has 0 radical (unpaired) electrons. The first-order valence-corrected chi connectivity index (χ1v) is 7.86. The summed E-state index contributed by atoms with van der Waals surface area (Å²) >= 11 is 0. The van der Waals surface area contributed by atoms with E-state index in [1.165, 1.54) is 0 Å². The molecule has 1 amide bonds. The van der Waals surface area contributed by atoms with Crippen LogP contribution in [-0.4, -0.2) is 53.4 Å². The van der Waals surface area contributed by atoms with E-state index in [2.05, 4.69) is 10.4 Å². The molecule has 1 aromatic carbocycles. The Bertz CT molecular complexity index is 619. The van der Waals surface area contributed by atoms with E-state index in [0.717, 1.165) is 24.4 Å². The summed E-state index contributed by atoms with van der Waals surface area (Å²) in [4.78, 5) is 14.0. The van der Waals surface area contributed by atoms with E-state index in [1.807, 2.05) is 48.3 Å². The van der Waals surface area contributed by atoms with Gasteiger partial charge in [0.15, 0.2) is 0 Å². The summed E-state index contributed by atoms with van der Waals surface area (Å²) in [6.45, 7) is 2.75. The highest BCUT2D eigenvalue weighted by Gasteiger charge is 2.19. The molecule has 0 bridgehead atoms. The van der Waals surface area contributed by atoms with Crippen LogP contribution in [0.2, 0.25) is 0 Å². The number of nitrogens with zero attached hydrogens (tertiary/aromatic N) is 3. The normalized spacial score (nSPS) is 17.9. The smallest absolute Gasteiger partial charge is 0.224 e. The molecule has 1 N–H and O–H groups in total. The monoisotopic (exact) mass is 314 g/mol. The van der Waals surface area contributed by atoms with E-state index in [4.69, 9.17) is 4.74 Å². The van der Waals surface area contributed by atoms with Crippen molar-refractivity contribution in [3.8, 4) is 5.69 Å². The third-order valence-corrected chi connectivity index (χ3v) is 3.97. The summed E-state index contributed by atoms with van der Waals surface area (Å²) in [5.74, 6) is 0.129. The van der Waals surface area contributed by atoms with Gasteiger partial charge in [0.2, 0.25) is 5.91 Å². The van der Waals surface area contributed by atoms with Gasteiger partial charge < -0.3 is 15.0 Å². The van der Waals surface area contributed by atoms with Gasteiger partial charge in [-0.25, -0.2) is 4.68 Å². The molecular formula is C17H22N4O2. The molecular weight excluding hydrogens is 292 g/mol. The van der Waals surface area contributed by atoms with Crippen molar-refractivity contribution < 1.29 is 9.53 Å². The molecule has 0 spiro atoms. The quantitative estimate of drug-likeness (QED) is 0.901. The molecule has 2 heterocycles. The number of carbonyl (C=O) groups excluding carboxylic acids is 1. The molecule has 0 saturated carbocycles. The number of hydrogen-bond donors (Lipinski definition) is 1. The average molecular weight is 314 g/mol. The lowest BCUT2D eigenvalue weighted by atomic mass is 10.1. The molecule has 3 rings (SSSR count). The van der Waals surface area contributed by atoms with Gasteiger partial charge in [0.25, 0.3) is 0 Å². The molecule has 1 saturated heterocycles. The minimum atomic E-state index is 0.126. The zero-order valence-electron chi connectivity index (χ0n) is 13.3. The lowest BCUT2D eigenvalue weighted by Gasteiger charge is -2.25. The molecule has 6 heteroatoms. The van der Waals surface area contributed by atoms with Crippen LogP contribution < -0.4 is 5.32 Å². The number of carbonyl (C=O) groups is 1. The van der Waals surface area contributed by atoms with Crippen LogP contribution in [0.3, 0.4) is 0 Å².